The highest BCUT2D eigenvalue weighted by atomic mass is 16.2. The van der Waals surface area contributed by atoms with Crippen LogP contribution in [-0.2, 0) is 16.0 Å². The van der Waals surface area contributed by atoms with Gasteiger partial charge in [0, 0.05) is 26.2 Å². The van der Waals surface area contributed by atoms with E-state index < -0.39 is 0 Å². The number of fused-ring (bicyclic) bond motifs is 1. The molecule has 0 aromatic heterocycles. The van der Waals surface area contributed by atoms with Gasteiger partial charge in [-0.25, -0.2) is 0 Å². The van der Waals surface area contributed by atoms with E-state index in [1.165, 1.54) is 4.90 Å². The number of carbonyl (C=O) groups is 2. The molecule has 1 atom stereocenters. The van der Waals surface area contributed by atoms with Gasteiger partial charge >= 0.3 is 0 Å². The van der Waals surface area contributed by atoms with Crippen molar-refractivity contribution in [3.05, 3.63) is 17.7 Å². The molecular formula is C14H20N4O2. The molecule has 108 valence electrons. The minimum atomic E-state index is -0.358. The van der Waals surface area contributed by atoms with Gasteiger partial charge in [-0.2, -0.15) is 0 Å². The van der Waals surface area contributed by atoms with Crippen molar-refractivity contribution in [3.63, 3.8) is 0 Å². The van der Waals surface area contributed by atoms with Crippen molar-refractivity contribution in [2.45, 2.75) is 25.8 Å². The minimum absolute atomic E-state index is 0.00811. The van der Waals surface area contributed by atoms with E-state index >= 15 is 0 Å². The number of hydrogen-bond acceptors (Lipinski definition) is 4. The van der Waals surface area contributed by atoms with Gasteiger partial charge < -0.3 is 21.3 Å². The molecule has 1 heterocycles. The fourth-order valence-corrected chi connectivity index (χ4v) is 2.25. The molecule has 1 aromatic carbocycles. The van der Waals surface area contributed by atoms with Crippen LogP contribution >= 0.6 is 0 Å². The Morgan fingerprint density at radius 2 is 2.10 bits per heavy atom. The Morgan fingerprint density at radius 1 is 1.40 bits per heavy atom. The summed E-state index contributed by atoms with van der Waals surface area (Å²) < 4.78 is 0. The summed E-state index contributed by atoms with van der Waals surface area (Å²) in [5.74, 6) is -0.0100. The number of aryl methyl sites for hydroxylation is 1. The second-order valence-corrected chi connectivity index (χ2v) is 5.24. The van der Waals surface area contributed by atoms with Gasteiger partial charge in [-0.15, -0.1) is 0 Å². The lowest BCUT2D eigenvalue weighted by Gasteiger charge is -2.23. The summed E-state index contributed by atoms with van der Waals surface area (Å²) in [5.41, 5.74) is 9.01. The quantitative estimate of drug-likeness (QED) is 0.720. The van der Waals surface area contributed by atoms with Crippen molar-refractivity contribution in [1.82, 2.24) is 4.90 Å². The van der Waals surface area contributed by atoms with Crippen molar-refractivity contribution in [3.8, 4) is 0 Å². The molecule has 0 spiro atoms. The predicted octanol–water partition coefficient (Wildman–Crippen LogP) is 1.04. The summed E-state index contributed by atoms with van der Waals surface area (Å²) in [6.45, 7) is 1.79. The summed E-state index contributed by atoms with van der Waals surface area (Å²) in [6.07, 6.45) is 1.16. The Hall–Kier alpha value is -2.24. The van der Waals surface area contributed by atoms with Crippen molar-refractivity contribution in [1.29, 1.82) is 0 Å². The third kappa shape index (κ3) is 2.84. The van der Waals surface area contributed by atoms with Crippen LogP contribution in [0.3, 0.4) is 0 Å². The van der Waals surface area contributed by atoms with Gasteiger partial charge in [-0.05, 0) is 31.0 Å². The molecule has 4 N–H and O–H groups in total. The Labute approximate surface area is 118 Å². The van der Waals surface area contributed by atoms with Crippen LogP contribution < -0.4 is 16.4 Å². The largest absolute Gasteiger partial charge is 0.397 e. The number of anilines is 3. The van der Waals surface area contributed by atoms with E-state index in [0.717, 1.165) is 16.9 Å². The molecule has 2 rings (SSSR count). The molecule has 0 saturated carbocycles. The molecule has 2 amide bonds. The zero-order valence-corrected chi connectivity index (χ0v) is 12.0. The monoisotopic (exact) mass is 276 g/mol. The second kappa shape index (κ2) is 5.40. The van der Waals surface area contributed by atoms with E-state index in [9.17, 15) is 9.59 Å². The van der Waals surface area contributed by atoms with Gasteiger partial charge in [0.05, 0.1) is 11.4 Å². The van der Waals surface area contributed by atoms with E-state index in [0.29, 0.717) is 18.5 Å². The third-order valence-corrected chi connectivity index (χ3v) is 3.35. The molecule has 6 heteroatoms. The molecule has 0 aliphatic carbocycles. The predicted molar refractivity (Wildman–Crippen MR) is 79.6 cm³/mol. The van der Waals surface area contributed by atoms with Crippen LogP contribution in [0.4, 0.5) is 17.1 Å². The number of nitrogens with one attached hydrogen (secondary N) is 2. The first-order chi connectivity index (χ1) is 9.38. The lowest BCUT2D eigenvalue weighted by atomic mass is 10.0. The lowest BCUT2D eigenvalue weighted by Crippen LogP contribution is -2.36. The number of nitrogen functional groups attached to an aromatic ring is 1. The Kier molecular flexibility index (Phi) is 3.83. The highest BCUT2D eigenvalue weighted by molar-refractivity contribution is 5.96. The van der Waals surface area contributed by atoms with Crippen LogP contribution in [0.1, 0.15) is 18.9 Å². The molecule has 1 aromatic rings. The van der Waals surface area contributed by atoms with Gasteiger partial charge in [-0.1, -0.05) is 0 Å². The van der Waals surface area contributed by atoms with E-state index in [1.54, 1.807) is 27.1 Å². The van der Waals surface area contributed by atoms with Gasteiger partial charge in [0.1, 0.15) is 6.04 Å². The first-order valence-electron chi connectivity index (χ1n) is 6.58. The van der Waals surface area contributed by atoms with Crippen LogP contribution in [0.2, 0.25) is 0 Å². The van der Waals surface area contributed by atoms with Crippen molar-refractivity contribution in [2.75, 3.05) is 30.5 Å². The fourth-order valence-electron chi connectivity index (χ4n) is 2.25. The maximum Gasteiger partial charge on any atom is 0.244 e. The van der Waals surface area contributed by atoms with E-state index in [1.807, 2.05) is 6.07 Å². The molecular weight excluding hydrogens is 256 g/mol. The number of carbonyl (C=O) groups excluding carboxylic acids is 2. The van der Waals surface area contributed by atoms with E-state index in [4.69, 9.17) is 5.73 Å². The number of nitrogens with zero attached hydrogens (tertiary/aromatic N) is 1. The first-order valence-corrected chi connectivity index (χ1v) is 6.58. The topological polar surface area (TPSA) is 87.5 Å². The third-order valence-electron chi connectivity index (χ3n) is 3.35. The Balaban J connectivity index is 2.21. The molecule has 1 aliphatic heterocycles. The maximum absolute atomic E-state index is 11.9. The Morgan fingerprint density at radius 3 is 2.75 bits per heavy atom. The van der Waals surface area contributed by atoms with Crippen molar-refractivity contribution < 1.29 is 9.59 Å². The number of likely N-dealkylation sites (N-methyl/N-ethyl adjacent to an activating group) is 1. The smallest absolute Gasteiger partial charge is 0.244 e. The number of benzene rings is 1. The molecule has 6 nitrogen and oxygen atoms in total. The van der Waals surface area contributed by atoms with Crippen LogP contribution in [0, 0.1) is 0 Å². The number of amides is 2. The fraction of sp³-hybridized carbons (Fsp3) is 0.429. The zero-order valence-electron chi connectivity index (χ0n) is 12.0. The summed E-state index contributed by atoms with van der Waals surface area (Å²) in [4.78, 5) is 24.7. The minimum Gasteiger partial charge on any atom is -0.397 e. The highest BCUT2D eigenvalue weighted by Crippen LogP contribution is 2.31. The van der Waals surface area contributed by atoms with E-state index in [-0.39, 0.29) is 17.9 Å². The zero-order chi connectivity index (χ0) is 14.9. The number of hydrogen-bond donors (Lipinski definition) is 3. The normalized spacial score (nSPS) is 15.1. The summed E-state index contributed by atoms with van der Waals surface area (Å²) in [5, 5.41) is 5.92. The summed E-state index contributed by atoms with van der Waals surface area (Å²) in [6, 6.07) is 3.29. The van der Waals surface area contributed by atoms with Gasteiger partial charge in [0.15, 0.2) is 0 Å². The molecule has 0 radical (unpaired) electrons. The molecule has 0 saturated heterocycles. The second-order valence-electron chi connectivity index (χ2n) is 5.24. The summed E-state index contributed by atoms with van der Waals surface area (Å²) >= 11 is 0. The molecule has 20 heavy (non-hydrogen) atoms. The Bertz CT molecular complexity index is 554. The highest BCUT2D eigenvalue weighted by Gasteiger charge is 2.19. The standard InChI is InChI=1S/C14H20N4O2/c1-8(14(20)18(2)3)16-12-6-9-4-5-13(19)17-11(9)7-10(12)15/h6-8,16H,4-5,15H2,1-3H3,(H,17,19). The van der Waals surface area contributed by atoms with Crippen molar-refractivity contribution in [2.24, 2.45) is 0 Å². The summed E-state index contributed by atoms with van der Waals surface area (Å²) in [7, 11) is 3.43. The molecule has 0 bridgehead atoms. The number of rotatable bonds is 3. The van der Waals surface area contributed by atoms with Crippen LogP contribution in [0.15, 0.2) is 12.1 Å². The van der Waals surface area contributed by atoms with Crippen LogP contribution in [0.5, 0.6) is 0 Å². The first kappa shape index (κ1) is 14.2. The van der Waals surface area contributed by atoms with Gasteiger partial charge in [0.25, 0.3) is 0 Å². The molecule has 0 fully saturated rings. The average Bonchev–Trinajstić information content (AvgIpc) is 2.38. The van der Waals surface area contributed by atoms with Crippen LogP contribution in [0.25, 0.3) is 0 Å². The van der Waals surface area contributed by atoms with Gasteiger partial charge in [0.2, 0.25) is 11.8 Å². The maximum atomic E-state index is 11.9. The SMILES string of the molecule is CC(Nc1cc2c(cc1N)NC(=O)CC2)C(=O)N(C)C. The average molecular weight is 276 g/mol. The van der Waals surface area contributed by atoms with E-state index in [2.05, 4.69) is 10.6 Å². The molecule has 1 aliphatic rings. The van der Waals surface area contributed by atoms with Crippen molar-refractivity contribution >= 4 is 28.9 Å². The molecule has 1 unspecified atom stereocenters. The lowest BCUT2D eigenvalue weighted by molar-refractivity contribution is -0.129. The van der Waals surface area contributed by atoms with Crippen LogP contribution in [-0.4, -0.2) is 36.9 Å². The van der Waals surface area contributed by atoms with Gasteiger partial charge in [-0.3, -0.25) is 9.59 Å². The number of nitrogens with two attached hydrogens (primary N) is 1.